The standard InChI is InChI=1S/C17H21F3N2O2S/c1-11(2)21-15(23)12-7-9-22(10-8-12)16(24)13-5-3-4-6-14(13)25-17(18,19)20/h3-6,11-12H,7-10H2,1-2H3,(H,21,23). The van der Waals surface area contributed by atoms with Crippen LogP contribution in [0.4, 0.5) is 13.2 Å². The van der Waals surface area contributed by atoms with Gasteiger partial charge in [0.25, 0.3) is 5.91 Å². The molecule has 1 fully saturated rings. The van der Waals surface area contributed by atoms with E-state index in [9.17, 15) is 22.8 Å². The minimum absolute atomic E-state index is 0.0323. The molecule has 0 radical (unpaired) electrons. The summed E-state index contributed by atoms with van der Waals surface area (Å²) < 4.78 is 38.0. The van der Waals surface area contributed by atoms with Crippen molar-refractivity contribution in [3.63, 3.8) is 0 Å². The van der Waals surface area contributed by atoms with Crippen molar-refractivity contribution in [2.45, 2.75) is 43.1 Å². The number of nitrogens with one attached hydrogen (secondary N) is 1. The van der Waals surface area contributed by atoms with E-state index in [4.69, 9.17) is 0 Å². The highest BCUT2D eigenvalue weighted by Crippen LogP contribution is 2.39. The first-order chi connectivity index (χ1) is 11.7. The summed E-state index contributed by atoms with van der Waals surface area (Å²) >= 11 is -0.280. The number of piperidine rings is 1. The summed E-state index contributed by atoms with van der Waals surface area (Å²) in [4.78, 5) is 26.1. The number of hydrogen-bond acceptors (Lipinski definition) is 3. The predicted octanol–water partition coefficient (Wildman–Crippen LogP) is 3.68. The largest absolute Gasteiger partial charge is 0.446 e. The highest BCUT2D eigenvalue weighted by Gasteiger charge is 2.33. The van der Waals surface area contributed by atoms with Gasteiger partial charge in [-0.25, -0.2) is 0 Å². The Kier molecular flexibility index (Phi) is 6.37. The lowest BCUT2D eigenvalue weighted by Gasteiger charge is -2.32. The van der Waals surface area contributed by atoms with Gasteiger partial charge in [-0.2, -0.15) is 13.2 Å². The molecular formula is C17H21F3N2O2S. The third-order valence-electron chi connectivity index (χ3n) is 3.93. The predicted molar refractivity (Wildman–Crippen MR) is 90.3 cm³/mol. The number of benzene rings is 1. The van der Waals surface area contributed by atoms with Crippen LogP contribution in [0, 0.1) is 5.92 Å². The Bertz CT molecular complexity index is 627. The molecule has 0 unspecified atom stereocenters. The minimum Gasteiger partial charge on any atom is -0.354 e. The summed E-state index contributed by atoms with van der Waals surface area (Å²) in [6, 6.07) is 5.80. The van der Waals surface area contributed by atoms with Gasteiger partial charge >= 0.3 is 5.51 Å². The van der Waals surface area contributed by atoms with Crippen LogP contribution in [-0.2, 0) is 4.79 Å². The van der Waals surface area contributed by atoms with Crippen molar-refractivity contribution in [2.75, 3.05) is 13.1 Å². The van der Waals surface area contributed by atoms with Crippen molar-refractivity contribution in [2.24, 2.45) is 5.92 Å². The van der Waals surface area contributed by atoms with Crippen LogP contribution in [0.25, 0.3) is 0 Å². The van der Waals surface area contributed by atoms with Gasteiger partial charge in [0.2, 0.25) is 5.91 Å². The van der Waals surface area contributed by atoms with Gasteiger partial charge in [0.1, 0.15) is 0 Å². The van der Waals surface area contributed by atoms with Crippen LogP contribution < -0.4 is 5.32 Å². The number of rotatable bonds is 4. The smallest absolute Gasteiger partial charge is 0.354 e. The van der Waals surface area contributed by atoms with Gasteiger partial charge < -0.3 is 10.2 Å². The molecule has 0 saturated carbocycles. The Hall–Kier alpha value is -1.70. The van der Waals surface area contributed by atoms with Crippen molar-refractivity contribution in [1.82, 2.24) is 10.2 Å². The van der Waals surface area contributed by atoms with E-state index in [1.54, 1.807) is 6.07 Å². The first-order valence-electron chi connectivity index (χ1n) is 8.12. The number of alkyl halides is 3. The summed E-state index contributed by atoms with van der Waals surface area (Å²) in [5.74, 6) is -0.614. The fourth-order valence-corrected chi connectivity index (χ4v) is 3.44. The molecule has 0 spiro atoms. The molecule has 2 amide bonds. The van der Waals surface area contributed by atoms with Crippen molar-refractivity contribution >= 4 is 23.6 Å². The van der Waals surface area contributed by atoms with Crippen LogP contribution in [0.5, 0.6) is 0 Å². The van der Waals surface area contributed by atoms with Crippen LogP contribution in [0.2, 0.25) is 0 Å². The summed E-state index contributed by atoms with van der Waals surface area (Å²) in [6.07, 6.45) is 1.03. The van der Waals surface area contributed by atoms with E-state index < -0.39 is 11.4 Å². The average molecular weight is 374 g/mol. The average Bonchev–Trinajstić information content (AvgIpc) is 2.53. The van der Waals surface area contributed by atoms with Crippen LogP contribution in [-0.4, -0.2) is 41.4 Å². The summed E-state index contributed by atoms with van der Waals surface area (Å²) in [6.45, 7) is 4.48. The number of carbonyl (C=O) groups excluding carboxylic acids is 2. The number of thioether (sulfide) groups is 1. The third-order valence-corrected chi connectivity index (χ3v) is 4.73. The maximum Gasteiger partial charge on any atom is 0.446 e. The molecule has 25 heavy (non-hydrogen) atoms. The molecule has 4 nitrogen and oxygen atoms in total. The van der Waals surface area contributed by atoms with Crippen LogP contribution >= 0.6 is 11.8 Å². The van der Waals surface area contributed by atoms with Gasteiger partial charge in [-0.1, -0.05) is 12.1 Å². The topological polar surface area (TPSA) is 49.4 Å². The maximum absolute atomic E-state index is 12.7. The molecule has 1 aromatic carbocycles. The maximum atomic E-state index is 12.7. The van der Waals surface area contributed by atoms with E-state index in [2.05, 4.69) is 5.32 Å². The van der Waals surface area contributed by atoms with Crippen LogP contribution in [0.1, 0.15) is 37.0 Å². The molecule has 0 aromatic heterocycles. The molecule has 1 saturated heterocycles. The first-order valence-corrected chi connectivity index (χ1v) is 8.93. The Morgan fingerprint density at radius 1 is 1.20 bits per heavy atom. The van der Waals surface area contributed by atoms with Gasteiger partial charge in [-0.3, -0.25) is 9.59 Å². The number of carbonyl (C=O) groups is 2. The molecule has 0 bridgehead atoms. The Balaban J connectivity index is 2.03. The van der Waals surface area contributed by atoms with Gasteiger partial charge in [0.05, 0.1) is 5.56 Å². The van der Waals surface area contributed by atoms with E-state index in [0.29, 0.717) is 25.9 Å². The molecule has 138 valence electrons. The third kappa shape index (κ3) is 5.66. The summed E-state index contributed by atoms with van der Waals surface area (Å²) in [7, 11) is 0. The van der Waals surface area contributed by atoms with E-state index in [1.165, 1.54) is 23.1 Å². The molecule has 2 rings (SSSR count). The lowest BCUT2D eigenvalue weighted by Crippen LogP contribution is -2.44. The number of amides is 2. The van der Waals surface area contributed by atoms with Gasteiger partial charge in [0.15, 0.2) is 0 Å². The summed E-state index contributed by atoms with van der Waals surface area (Å²) in [5, 5.41) is 2.85. The molecule has 1 aromatic rings. The fraction of sp³-hybridized carbons (Fsp3) is 0.529. The molecule has 8 heteroatoms. The zero-order valence-corrected chi connectivity index (χ0v) is 14.9. The SMILES string of the molecule is CC(C)NC(=O)C1CCN(C(=O)c2ccccc2SC(F)(F)F)CC1. The lowest BCUT2D eigenvalue weighted by molar-refractivity contribution is -0.126. The quantitative estimate of drug-likeness (QED) is 0.818. The van der Waals surface area contributed by atoms with E-state index >= 15 is 0 Å². The van der Waals surface area contributed by atoms with Crippen LogP contribution in [0.15, 0.2) is 29.2 Å². The molecule has 0 atom stereocenters. The van der Waals surface area contributed by atoms with Crippen molar-refractivity contribution < 1.29 is 22.8 Å². The fourth-order valence-electron chi connectivity index (χ4n) is 2.77. The molecular weight excluding hydrogens is 353 g/mol. The number of hydrogen-bond donors (Lipinski definition) is 1. The van der Waals surface area contributed by atoms with Crippen molar-refractivity contribution in [3.8, 4) is 0 Å². The highest BCUT2D eigenvalue weighted by molar-refractivity contribution is 8.00. The van der Waals surface area contributed by atoms with E-state index in [0.717, 1.165) is 0 Å². The molecule has 1 aliphatic heterocycles. The summed E-state index contributed by atoms with van der Waals surface area (Å²) in [5.41, 5.74) is -4.40. The normalized spacial score (nSPS) is 16.2. The zero-order valence-electron chi connectivity index (χ0n) is 14.1. The Labute approximate surface area is 149 Å². The van der Waals surface area contributed by atoms with Gasteiger partial charge in [-0.15, -0.1) is 0 Å². The molecule has 0 aliphatic carbocycles. The van der Waals surface area contributed by atoms with Crippen LogP contribution in [0.3, 0.4) is 0 Å². The number of likely N-dealkylation sites (tertiary alicyclic amines) is 1. The lowest BCUT2D eigenvalue weighted by atomic mass is 9.95. The molecule has 1 heterocycles. The molecule has 1 aliphatic rings. The monoisotopic (exact) mass is 374 g/mol. The Morgan fingerprint density at radius 2 is 1.80 bits per heavy atom. The van der Waals surface area contributed by atoms with Gasteiger partial charge in [0, 0.05) is 29.9 Å². The highest BCUT2D eigenvalue weighted by atomic mass is 32.2. The number of nitrogens with zero attached hydrogens (tertiary/aromatic N) is 1. The van der Waals surface area contributed by atoms with E-state index in [-0.39, 0.29) is 40.1 Å². The van der Waals surface area contributed by atoms with Gasteiger partial charge in [-0.05, 0) is 50.6 Å². The van der Waals surface area contributed by atoms with Crippen molar-refractivity contribution in [1.29, 1.82) is 0 Å². The van der Waals surface area contributed by atoms with E-state index in [1.807, 2.05) is 13.8 Å². The second kappa shape index (κ2) is 8.12. The Morgan fingerprint density at radius 3 is 2.36 bits per heavy atom. The molecule has 1 N–H and O–H groups in total. The minimum atomic E-state index is -4.45. The second-order valence-electron chi connectivity index (χ2n) is 6.27. The number of halogens is 3. The zero-order chi connectivity index (χ0) is 18.6. The first kappa shape index (κ1) is 19.6. The van der Waals surface area contributed by atoms with Crippen molar-refractivity contribution in [3.05, 3.63) is 29.8 Å². The second-order valence-corrected chi connectivity index (χ2v) is 7.38.